The van der Waals surface area contributed by atoms with Crippen molar-refractivity contribution in [3.63, 3.8) is 0 Å². The maximum atomic E-state index is 13.4. The number of benzene rings is 2. The van der Waals surface area contributed by atoms with Crippen molar-refractivity contribution < 1.29 is 29.2 Å². The van der Waals surface area contributed by atoms with Crippen molar-refractivity contribution in [1.82, 2.24) is 4.57 Å². The lowest BCUT2D eigenvalue weighted by molar-refractivity contribution is 0.174. The molecule has 0 bridgehead atoms. The highest BCUT2D eigenvalue weighted by Crippen LogP contribution is 2.43. The number of pyridine rings is 1. The topological polar surface area (TPSA) is 99.4 Å². The molecule has 29 heavy (non-hydrogen) atoms. The molecule has 148 valence electrons. The number of hydrogen-bond donors (Lipinski definition) is 2. The summed E-state index contributed by atoms with van der Waals surface area (Å²) >= 11 is 0. The van der Waals surface area contributed by atoms with Crippen molar-refractivity contribution in [2.45, 2.75) is 6.54 Å². The van der Waals surface area contributed by atoms with Crippen LogP contribution < -0.4 is 24.5 Å². The summed E-state index contributed by atoms with van der Waals surface area (Å²) in [4.78, 5) is 13.4. The second kappa shape index (κ2) is 6.10. The van der Waals surface area contributed by atoms with Gasteiger partial charge in [-0.1, -0.05) is 6.07 Å². The molecule has 0 atom stereocenters. The Morgan fingerprint density at radius 1 is 1.00 bits per heavy atom. The van der Waals surface area contributed by atoms with Gasteiger partial charge in [0.25, 0.3) is 5.56 Å². The van der Waals surface area contributed by atoms with Gasteiger partial charge in [0.05, 0.1) is 31.8 Å². The van der Waals surface area contributed by atoms with Gasteiger partial charge >= 0.3 is 0 Å². The summed E-state index contributed by atoms with van der Waals surface area (Å²) in [5.74, 6) is 1.07. The Kier molecular flexibility index (Phi) is 3.64. The maximum Gasteiger partial charge on any atom is 0.263 e. The first-order chi connectivity index (χ1) is 14.0. The van der Waals surface area contributed by atoms with Crippen LogP contribution in [0.2, 0.25) is 0 Å². The van der Waals surface area contributed by atoms with Crippen LogP contribution in [-0.4, -0.2) is 35.8 Å². The zero-order chi connectivity index (χ0) is 20.3. The molecule has 2 aromatic carbocycles. The predicted octanol–water partition coefficient (Wildman–Crippen LogP) is 3.21. The van der Waals surface area contributed by atoms with Crippen LogP contribution >= 0.6 is 0 Å². The van der Waals surface area contributed by atoms with Gasteiger partial charge in [0.15, 0.2) is 34.5 Å². The van der Waals surface area contributed by atoms with E-state index in [1.165, 1.54) is 18.8 Å². The van der Waals surface area contributed by atoms with Crippen LogP contribution in [0.1, 0.15) is 5.56 Å². The number of allylic oxidation sites excluding steroid dienone is 1. The number of aromatic nitrogens is 1. The molecular weight excluding hydrogens is 378 g/mol. The van der Waals surface area contributed by atoms with E-state index in [4.69, 9.17) is 18.9 Å². The summed E-state index contributed by atoms with van der Waals surface area (Å²) in [5.41, 5.74) is 1.05. The second-order valence-corrected chi connectivity index (χ2v) is 6.73. The minimum atomic E-state index is -0.377. The van der Waals surface area contributed by atoms with E-state index < -0.39 is 0 Å². The molecule has 2 aliphatic heterocycles. The van der Waals surface area contributed by atoms with Gasteiger partial charge in [-0.3, -0.25) is 9.36 Å². The normalized spacial score (nSPS) is 14.4. The zero-order valence-electron chi connectivity index (χ0n) is 15.7. The summed E-state index contributed by atoms with van der Waals surface area (Å²) in [6, 6.07) is 8.60. The molecule has 0 aliphatic carbocycles. The average Bonchev–Trinajstić information content (AvgIpc) is 3.16. The van der Waals surface area contributed by atoms with Gasteiger partial charge in [0.1, 0.15) is 0 Å². The molecule has 5 rings (SSSR count). The third-order valence-corrected chi connectivity index (χ3v) is 5.24. The molecule has 1 aromatic heterocycles. The number of aliphatic hydroxyl groups excluding tert-OH is 2. The van der Waals surface area contributed by atoms with Crippen molar-refractivity contribution in [2.24, 2.45) is 0 Å². The molecule has 2 aliphatic rings. The van der Waals surface area contributed by atoms with Crippen molar-refractivity contribution in [1.29, 1.82) is 0 Å². The van der Waals surface area contributed by atoms with Crippen molar-refractivity contribution in [2.75, 3.05) is 21.0 Å². The van der Waals surface area contributed by atoms with Crippen molar-refractivity contribution in [3.8, 4) is 34.3 Å². The maximum absolute atomic E-state index is 13.4. The molecule has 0 saturated carbocycles. The lowest BCUT2D eigenvalue weighted by atomic mass is 9.99. The highest BCUT2D eigenvalue weighted by atomic mass is 16.7. The van der Waals surface area contributed by atoms with E-state index in [2.05, 4.69) is 0 Å². The smallest absolute Gasteiger partial charge is 0.263 e. The number of fused-ring (bicyclic) bond motifs is 5. The monoisotopic (exact) mass is 395 g/mol. The van der Waals surface area contributed by atoms with E-state index in [0.717, 1.165) is 0 Å². The Balaban J connectivity index is 1.90. The Hall–Kier alpha value is -3.81. The molecule has 8 heteroatoms. The van der Waals surface area contributed by atoms with Gasteiger partial charge in [-0.15, -0.1) is 0 Å². The largest absolute Gasteiger partial charge is 0.507 e. The highest BCUT2D eigenvalue weighted by molar-refractivity contribution is 5.94. The van der Waals surface area contributed by atoms with Crippen LogP contribution in [0.25, 0.3) is 27.8 Å². The molecule has 0 saturated heterocycles. The molecular formula is C21H17NO7. The van der Waals surface area contributed by atoms with E-state index >= 15 is 0 Å². The number of ether oxygens (including phenoxy) is 4. The van der Waals surface area contributed by atoms with E-state index in [0.29, 0.717) is 50.6 Å². The lowest BCUT2D eigenvalue weighted by Crippen LogP contribution is -2.23. The number of rotatable bonds is 2. The predicted molar refractivity (Wildman–Crippen MR) is 105 cm³/mol. The standard InChI is InChI=1S/C21H17NO7/c1-26-15-4-3-10-5-13-11-6-16-17(29-9-28-16)7-12(11)19(24)14(23)8-22(13)21(25)18(10)20(15)27-2/h3-7,23-24H,8-9H2,1-2H3. The molecule has 0 fully saturated rings. The van der Waals surface area contributed by atoms with Crippen LogP contribution in [0.15, 0.2) is 40.9 Å². The fourth-order valence-corrected chi connectivity index (χ4v) is 3.86. The van der Waals surface area contributed by atoms with E-state index in [1.54, 1.807) is 24.3 Å². The molecule has 0 amide bonds. The van der Waals surface area contributed by atoms with Crippen LogP contribution in [0.5, 0.6) is 23.0 Å². The lowest BCUT2D eigenvalue weighted by Gasteiger charge is -2.16. The second-order valence-electron chi connectivity index (χ2n) is 6.73. The number of methoxy groups -OCH3 is 2. The fourth-order valence-electron chi connectivity index (χ4n) is 3.86. The molecule has 0 radical (unpaired) electrons. The van der Waals surface area contributed by atoms with Crippen molar-refractivity contribution >= 4 is 16.5 Å². The molecule has 0 unspecified atom stereocenters. The Morgan fingerprint density at radius 2 is 1.72 bits per heavy atom. The van der Waals surface area contributed by atoms with Crippen LogP contribution in [-0.2, 0) is 6.54 Å². The average molecular weight is 395 g/mol. The van der Waals surface area contributed by atoms with Gasteiger partial charge in [-0.05, 0) is 29.7 Å². The Bertz CT molecular complexity index is 1270. The first-order valence-electron chi connectivity index (χ1n) is 8.87. The van der Waals surface area contributed by atoms with Gasteiger partial charge in [-0.25, -0.2) is 0 Å². The van der Waals surface area contributed by atoms with Gasteiger partial charge in [0.2, 0.25) is 6.79 Å². The number of aliphatic hydroxyl groups is 2. The third kappa shape index (κ3) is 2.35. The van der Waals surface area contributed by atoms with Gasteiger partial charge in [0, 0.05) is 11.1 Å². The SMILES string of the molecule is COc1ccc2cc3n(c(=O)c2c1OC)CC(O)=C(O)c1cc2c(cc1-3)OCO2. The van der Waals surface area contributed by atoms with E-state index in [9.17, 15) is 15.0 Å². The van der Waals surface area contributed by atoms with Gasteiger partial charge < -0.3 is 29.2 Å². The van der Waals surface area contributed by atoms with Crippen molar-refractivity contribution in [3.05, 3.63) is 52.0 Å². The van der Waals surface area contributed by atoms with Gasteiger partial charge in [-0.2, -0.15) is 0 Å². The summed E-state index contributed by atoms with van der Waals surface area (Å²) in [5, 5.41) is 22.0. The first-order valence-corrected chi connectivity index (χ1v) is 8.87. The molecule has 2 N–H and O–H groups in total. The minimum absolute atomic E-state index is 0.0657. The van der Waals surface area contributed by atoms with E-state index in [-0.39, 0.29) is 30.4 Å². The molecule has 3 heterocycles. The number of hydrogen-bond acceptors (Lipinski definition) is 7. The third-order valence-electron chi connectivity index (χ3n) is 5.24. The Morgan fingerprint density at radius 3 is 2.41 bits per heavy atom. The number of nitrogens with zero attached hydrogens (tertiary/aromatic N) is 1. The minimum Gasteiger partial charge on any atom is -0.507 e. The molecule has 0 spiro atoms. The Labute approximate surface area is 164 Å². The highest BCUT2D eigenvalue weighted by Gasteiger charge is 2.28. The van der Waals surface area contributed by atoms with Crippen LogP contribution in [0, 0.1) is 0 Å². The first kappa shape index (κ1) is 17.3. The molecule has 8 nitrogen and oxygen atoms in total. The summed E-state index contributed by atoms with van der Waals surface area (Å²) in [6.07, 6.45) is 0. The summed E-state index contributed by atoms with van der Waals surface area (Å²) in [7, 11) is 2.96. The fraction of sp³-hybridized carbons (Fsp3) is 0.190. The summed E-state index contributed by atoms with van der Waals surface area (Å²) in [6.45, 7) is -0.131. The zero-order valence-corrected chi connectivity index (χ0v) is 15.7. The summed E-state index contributed by atoms with van der Waals surface area (Å²) < 4.78 is 23.0. The van der Waals surface area contributed by atoms with Crippen LogP contribution in [0.3, 0.4) is 0 Å². The van der Waals surface area contributed by atoms with Crippen LogP contribution in [0.4, 0.5) is 0 Å². The quantitative estimate of drug-likeness (QED) is 0.687. The van der Waals surface area contributed by atoms with E-state index in [1.807, 2.05) is 6.07 Å². The molecule has 3 aromatic rings.